The van der Waals surface area contributed by atoms with Crippen molar-refractivity contribution >= 4 is 28.8 Å². The predicted molar refractivity (Wildman–Crippen MR) is 73.4 cm³/mol. The number of aliphatic hydroxyl groups excluding tert-OH is 1. The maximum Gasteiger partial charge on any atom is 0.229 e. The third kappa shape index (κ3) is 3.66. The minimum atomic E-state index is -0.283. The molecular weight excluding hydrogens is 288 g/mol. The molecule has 0 saturated carbocycles. The molecule has 1 saturated heterocycles. The smallest absolute Gasteiger partial charge is 0.229 e. The molecule has 0 bridgehead atoms. The van der Waals surface area contributed by atoms with Crippen LogP contribution in [0, 0.1) is 0 Å². The number of carbonyl (C=O) groups is 1. The molecule has 2 atom stereocenters. The summed E-state index contributed by atoms with van der Waals surface area (Å²) in [5.41, 5.74) is 0.803. The molecule has 2 heterocycles. The number of hydrogen-bond acceptors (Lipinski definition) is 5. The number of rotatable bonds is 4. The van der Waals surface area contributed by atoms with Crippen LogP contribution in [-0.4, -0.2) is 52.8 Å². The van der Waals surface area contributed by atoms with Crippen molar-refractivity contribution in [3.63, 3.8) is 0 Å². The molecule has 0 radical (unpaired) electrons. The summed E-state index contributed by atoms with van der Waals surface area (Å²) in [6, 6.07) is 0.0303. The lowest BCUT2D eigenvalue weighted by molar-refractivity contribution is -0.145. The summed E-state index contributed by atoms with van der Waals surface area (Å²) >= 11 is 7.14. The van der Waals surface area contributed by atoms with Crippen molar-refractivity contribution < 1.29 is 14.6 Å². The van der Waals surface area contributed by atoms with E-state index in [2.05, 4.69) is 4.98 Å². The van der Waals surface area contributed by atoms with Gasteiger partial charge in [-0.1, -0.05) is 0 Å². The van der Waals surface area contributed by atoms with Crippen LogP contribution in [0.5, 0.6) is 0 Å². The van der Waals surface area contributed by atoms with E-state index in [0.29, 0.717) is 19.0 Å². The topological polar surface area (TPSA) is 62.7 Å². The van der Waals surface area contributed by atoms with Crippen LogP contribution in [0.4, 0.5) is 0 Å². The Balaban J connectivity index is 1.97. The molecule has 2 rings (SSSR count). The second-order valence-electron chi connectivity index (χ2n) is 4.58. The Labute approximate surface area is 121 Å². The zero-order valence-corrected chi connectivity index (χ0v) is 12.3. The van der Waals surface area contributed by atoms with Gasteiger partial charge in [0.25, 0.3) is 0 Å². The van der Waals surface area contributed by atoms with Crippen molar-refractivity contribution in [2.75, 3.05) is 19.8 Å². The molecule has 1 aromatic heterocycles. The van der Waals surface area contributed by atoms with Gasteiger partial charge in [-0.25, -0.2) is 4.98 Å². The molecule has 1 amide bonds. The Hall–Kier alpha value is -0.690. The molecule has 0 aliphatic carbocycles. The molecular formula is C12H17ClN2O3S. The Bertz CT molecular complexity index is 440. The average molecular weight is 305 g/mol. The third-order valence-electron chi connectivity index (χ3n) is 3.07. The summed E-state index contributed by atoms with van der Waals surface area (Å²) < 4.78 is 5.42. The lowest BCUT2D eigenvalue weighted by Crippen LogP contribution is -2.52. The van der Waals surface area contributed by atoms with Gasteiger partial charge in [0.1, 0.15) is 5.01 Å². The zero-order chi connectivity index (χ0) is 13.8. The number of morpholine rings is 1. The van der Waals surface area contributed by atoms with E-state index in [1.54, 1.807) is 4.90 Å². The number of ether oxygens (including phenoxy) is 1. The largest absolute Gasteiger partial charge is 0.394 e. The fourth-order valence-corrected chi connectivity index (χ4v) is 3.01. The SMILES string of the molecule is CC1COC(CO)CN1C(=O)Cc1nc(CCl)cs1. The summed E-state index contributed by atoms with van der Waals surface area (Å²) in [5.74, 6) is 0.385. The lowest BCUT2D eigenvalue weighted by Gasteiger charge is -2.37. The summed E-state index contributed by atoms with van der Waals surface area (Å²) in [7, 11) is 0. The van der Waals surface area contributed by atoms with Crippen molar-refractivity contribution in [3.05, 3.63) is 16.1 Å². The molecule has 2 unspecified atom stereocenters. The Morgan fingerprint density at radius 2 is 2.53 bits per heavy atom. The Kier molecular flexibility index (Phi) is 5.15. The summed E-state index contributed by atoms with van der Waals surface area (Å²) in [4.78, 5) is 18.3. The van der Waals surface area contributed by atoms with E-state index in [1.165, 1.54) is 11.3 Å². The highest BCUT2D eigenvalue weighted by molar-refractivity contribution is 7.09. The van der Waals surface area contributed by atoms with Crippen molar-refractivity contribution in [2.24, 2.45) is 0 Å². The normalized spacial score (nSPS) is 23.6. The number of alkyl halides is 1. The predicted octanol–water partition coefficient (Wildman–Crippen LogP) is 1.03. The minimum absolute atomic E-state index is 0.0183. The van der Waals surface area contributed by atoms with Gasteiger partial charge in [-0.3, -0.25) is 4.79 Å². The van der Waals surface area contributed by atoms with E-state index in [1.807, 2.05) is 12.3 Å². The first kappa shape index (κ1) is 14.7. The molecule has 1 N–H and O–H groups in total. The maximum absolute atomic E-state index is 12.3. The second-order valence-corrected chi connectivity index (χ2v) is 5.79. The van der Waals surface area contributed by atoms with Crippen LogP contribution in [0.2, 0.25) is 0 Å². The van der Waals surface area contributed by atoms with E-state index in [-0.39, 0.29) is 31.1 Å². The van der Waals surface area contributed by atoms with Crippen molar-refractivity contribution in [1.29, 1.82) is 0 Å². The number of carbonyl (C=O) groups excluding carboxylic acids is 1. The molecule has 5 nitrogen and oxygen atoms in total. The van der Waals surface area contributed by atoms with Crippen LogP contribution < -0.4 is 0 Å². The first-order valence-electron chi connectivity index (χ1n) is 6.15. The van der Waals surface area contributed by atoms with Crippen molar-refractivity contribution in [2.45, 2.75) is 31.4 Å². The first-order valence-corrected chi connectivity index (χ1v) is 7.56. The van der Waals surface area contributed by atoms with Gasteiger partial charge in [-0.05, 0) is 6.92 Å². The third-order valence-corrected chi connectivity index (χ3v) is 4.24. The molecule has 19 heavy (non-hydrogen) atoms. The Morgan fingerprint density at radius 1 is 1.74 bits per heavy atom. The quantitative estimate of drug-likeness (QED) is 0.844. The highest BCUT2D eigenvalue weighted by atomic mass is 35.5. The van der Waals surface area contributed by atoms with Gasteiger partial charge in [-0.2, -0.15) is 0 Å². The number of thiazole rings is 1. The Morgan fingerprint density at radius 3 is 3.16 bits per heavy atom. The fraction of sp³-hybridized carbons (Fsp3) is 0.667. The van der Waals surface area contributed by atoms with Crippen LogP contribution in [0.3, 0.4) is 0 Å². The molecule has 1 aliphatic heterocycles. The van der Waals surface area contributed by atoms with Crippen LogP contribution in [0.1, 0.15) is 17.6 Å². The van der Waals surface area contributed by atoms with Gasteiger partial charge < -0.3 is 14.7 Å². The first-order chi connectivity index (χ1) is 9.13. The van der Waals surface area contributed by atoms with Gasteiger partial charge in [0, 0.05) is 11.9 Å². The number of aliphatic hydroxyl groups is 1. The zero-order valence-electron chi connectivity index (χ0n) is 10.7. The molecule has 0 aromatic carbocycles. The number of hydrogen-bond donors (Lipinski definition) is 1. The van der Waals surface area contributed by atoms with E-state index in [9.17, 15) is 4.79 Å². The number of nitrogens with zero attached hydrogens (tertiary/aromatic N) is 2. The number of aromatic nitrogens is 1. The van der Waals surface area contributed by atoms with E-state index >= 15 is 0 Å². The number of halogens is 1. The molecule has 7 heteroatoms. The van der Waals surface area contributed by atoms with Gasteiger partial charge >= 0.3 is 0 Å². The summed E-state index contributed by atoms with van der Waals surface area (Å²) in [6.07, 6.45) is -0.000759. The summed E-state index contributed by atoms with van der Waals surface area (Å²) in [5, 5.41) is 11.8. The standard InChI is InChI=1S/C12H17ClN2O3S/c1-8-6-18-10(5-16)4-15(8)12(17)2-11-14-9(3-13)7-19-11/h7-8,10,16H,2-6H2,1H3. The maximum atomic E-state index is 12.3. The van der Waals surface area contributed by atoms with Crippen molar-refractivity contribution in [3.8, 4) is 0 Å². The molecule has 1 aromatic rings. The highest BCUT2D eigenvalue weighted by Crippen LogP contribution is 2.16. The van der Waals surface area contributed by atoms with Gasteiger partial charge in [-0.15, -0.1) is 22.9 Å². The van der Waals surface area contributed by atoms with Gasteiger partial charge in [0.05, 0.1) is 43.4 Å². The van der Waals surface area contributed by atoms with Crippen LogP contribution in [-0.2, 0) is 21.8 Å². The van der Waals surface area contributed by atoms with Crippen LogP contribution in [0.25, 0.3) is 0 Å². The second kappa shape index (κ2) is 6.65. The monoisotopic (exact) mass is 304 g/mol. The van der Waals surface area contributed by atoms with Crippen LogP contribution in [0.15, 0.2) is 5.38 Å². The highest BCUT2D eigenvalue weighted by Gasteiger charge is 2.29. The minimum Gasteiger partial charge on any atom is -0.394 e. The van der Waals surface area contributed by atoms with E-state index in [4.69, 9.17) is 21.4 Å². The fourth-order valence-electron chi connectivity index (χ4n) is 2.00. The van der Waals surface area contributed by atoms with Crippen molar-refractivity contribution in [1.82, 2.24) is 9.88 Å². The van der Waals surface area contributed by atoms with Gasteiger partial charge in [0.15, 0.2) is 0 Å². The van der Waals surface area contributed by atoms with Crippen LogP contribution >= 0.6 is 22.9 Å². The molecule has 106 valence electrons. The molecule has 0 spiro atoms. The summed E-state index contributed by atoms with van der Waals surface area (Å²) in [6.45, 7) is 2.77. The molecule has 1 fully saturated rings. The molecule has 1 aliphatic rings. The lowest BCUT2D eigenvalue weighted by atomic mass is 10.2. The number of amides is 1. The van der Waals surface area contributed by atoms with E-state index < -0.39 is 0 Å². The average Bonchev–Trinajstić information content (AvgIpc) is 2.87. The van der Waals surface area contributed by atoms with Gasteiger partial charge in [0.2, 0.25) is 5.91 Å². The van der Waals surface area contributed by atoms with E-state index in [0.717, 1.165) is 10.7 Å².